The molecule has 0 aromatic heterocycles. The van der Waals surface area contributed by atoms with Crippen molar-refractivity contribution in [3.63, 3.8) is 0 Å². The second-order valence-corrected chi connectivity index (χ2v) is 5.49. The summed E-state index contributed by atoms with van der Waals surface area (Å²) >= 11 is 12.3. The van der Waals surface area contributed by atoms with Gasteiger partial charge in [-0.1, -0.05) is 35.3 Å². The van der Waals surface area contributed by atoms with Crippen LogP contribution in [0.4, 0.5) is 0 Å². The van der Waals surface area contributed by atoms with Crippen molar-refractivity contribution in [1.29, 1.82) is 0 Å². The van der Waals surface area contributed by atoms with Crippen LogP contribution in [0.25, 0.3) is 0 Å². The number of hydrogen-bond acceptors (Lipinski definition) is 2. The zero-order valence-corrected chi connectivity index (χ0v) is 11.5. The fourth-order valence-electron chi connectivity index (χ4n) is 2.45. The zero-order valence-electron chi connectivity index (χ0n) is 10.00. The van der Waals surface area contributed by atoms with E-state index in [1.165, 1.54) is 6.42 Å². The average molecular weight is 273 g/mol. The van der Waals surface area contributed by atoms with Crippen LogP contribution in [-0.4, -0.2) is 24.5 Å². The molecular weight excluding hydrogens is 255 g/mol. The Hall–Kier alpha value is -0.280. The molecule has 1 fully saturated rings. The summed E-state index contributed by atoms with van der Waals surface area (Å²) in [6.07, 6.45) is 1.18. The molecule has 1 heterocycles. The number of nitrogens with zero attached hydrogens (tertiary/aromatic N) is 1. The van der Waals surface area contributed by atoms with Crippen molar-refractivity contribution >= 4 is 23.2 Å². The number of rotatable bonds is 3. The first-order valence-corrected chi connectivity index (χ1v) is 6.77. The first-order valence-electron chi connectivity index (χ1n) is 6.01. The van der Waals surface area contributed by atoms with Crippen LogP contribution in [0.3, 0.4) is 0 Å². The second kappa shape index (κ2) is 5.57. The van der Waals surface area contributed by atoms with E-state index in [9.17, 15) is 0 Å². The van der Waals surface area contributed by atoms with Crippen molar-refractivity contribution in [3.05, 3.63) is 33.8 Å². The normalized spacial score (nSPS) is 22.9. The molecular formula is C13H18Cl2N2. The molecule has 17 heavy (non-hydrogen) atoms. The summed E-state index contributed by atoms with van der Waals surface area (Å²) in [4.78, 5) is 2.43. The van der Waals surface area contributed by atoms with Crippen molar-refractivity contribution in [3.8, 4) is 0 Å². The Kier molecular flexibility index (Phi) is 4.31. The lowest BCUT2D eigenvalue weighted by atomic mass is 10.1. The number of hydrogen-bond donors (Lipinski definition) is 1. The van der Waals surface area contributed by atoms with Crippen molar-refractivity contribution in [1.82, 2.24) is 4.90 Å². The minimum absolute atomic E-state index is 0.303. The monoisotopic (exact) mass is 272 g/mol. The van der Waals surface area contributed by atoms with E-state index in [1.807, 2.05) is 12.1 Å². The van der Waals surface area contributed by atoms with Crippen LogP contribution in [0.2, 0.25) is 10.0 Å². The molecule has 1 saturated heterocycles. The second-order valence-electron chi connectivity index (χ2n) is 4.70. The van der Waals surface area contributed by atoms with Gasteiger partial charge in [-0.2, -0.15) is 0 Å². The lowest BCUT2D eigenvalue weighted by Crippen LogP contribution is -2.26. The summed E-state index contributed by atoms with van der Waals surface area (Å²) in [6.45, 7) is 5.09. The number of nitrogens with two attached hydrogens (primary N) is 1. The van der Waals surface area contributed by atoms with Gasteiger partial charge < -0.3 is 5.73 Å². The van der Waals surface area contributed by atoms with Crippen LogP contribution in [-0.2, 0) is 0 Å². The highest BCUT2D eigenvalue weighted by atomic mass is 35.5. The van der Waals surface area contributed by atoms with Crippen LogP contribution in [0.15, 0.2) is 18.2 Å². The van der Waals surface area contributed by atoms with E-state index in [2.05, 4.69) is 17.9 Å². The van der Waals surface area contributed by atoms with Gasteiger partial charge in [0, 0.05) is 12.6 Å². The first kappa shape index (κ1) is 13.2. The predicted molar refractivity (Wildman–Crippen MR) is 73.6 cm³/mol. The molecule has 1 aromatic carbocycles. The van der Waals surface area contributed by atoms with E-state index in [0.29, 0.717) is 22.0 Å². The molecule has 0 saturated carbocycles. The van der Waals surface area contributed by atoms with E-state index in [0.717, 1.165) is 25.2 Å². The number of halogens is 2. The Bertz CT molecular complexity index is 395. The third-order valence-corrected chi connectivity index (χ3v) is 4.46. The van der Waals surface area contributed by atoms with Gasteiger partial charge in [-0.3, -0.25) is 4.90 Å². The fourth-order valence-corrected chi connectivity index (χ4v) is 2.91. The molecule has 2 N–H and O–H groups in total. The Morgan fingerprint density at radius 1 is 1.47 bits per heavy atom. The smallest absolute Gasteiger partial charge is 0.0640 e. The molecule has 0 spiro atoms. The van der Waals surface area contributed by atoms with E-state index in [-0.39, 0.29) is 0 Å². The van der Waals surface area contributed by atoms with Crippen molar-refractivity contribution < 1.29 is 0 Å². The van der Waals surface area contributed by atoms with Crippen LogP contribution in [0.5, 0.6) is 0 Å². The molecule has 1 aliphatic rings. The van der Waals surface area contributed by atoms with Gasteiger partial charge in [0.15, 0.2) is 0 Å². The third kappa shape index (κ3) is 2.76. The standard InChI is InChI=1S/C13H18Cl2N2/c1-9(17-6-5-10(7-16)8-17)11-3-2-4-12(14)13(11)15/h2-4,9-10H,5-8,16H2,1H3. The Morgan fingerprint density at radius 3 is 2.88 bits per heavy atom. The average Bonchev–Trinajstić information content (AvgIpc) is 2.80. The lowest BCUT2D eigenvalue weighted by Gasteiger charge is -2.25. The molecule has 0 bridgehead atoms. The molecule has 0 radical (unpaired) electrons. The summed E-state index contributed by atoms with van der Waals surface area (Å²) in [6, 6.07) is 6.13. The van der Waals surface area contributed by atoms with Gasteiger partial charge in [-0.05, 0) is 44.0 Å². The van der Waals surface area contributed by atoms with Crippen LogP contribution in [0.1, 0.15) is 24.9 Å². The maximum absolute atomic E-state index is 6.25. The zero-order chi connectivity index (χ0) is 12.4. The van der Waals surface area contributed by atoms with Gasteiger partial charge in [0.1, 0.15) is 0 Å². The number of likely N-dealkylation sites (tertiary alicyclic amines) is 1. The van der Waals surface area contributed by atoms with E-state index >= 15 is 0 Å². The van der Waals surface area contributed by atoms with E-state index in [1.54, 1.807) is 0 Å². The largest absolute Gasteiger partial charge is 0.330 e. The summed E-state index contributed by atoms with van der Waals surface area (Å²) < 4.78 is 0. The van der Waals surface area contributed by atoms with Gasteiger partial charge in [0.05, 0.1) is 10.0 Å². The molecule has 1 aliphatic heterocycles. The quantitative estimate of drug-likeness (QED) is 0.915. The molecule has 4 heteroatoms. The van der Waals surface area contributed by atoms with Crippen LogP contribution >= 0.6 is 23.2 Å². The summed E-state index contributed by atoms with van der Waals surface area (Å²) in [5, 5.41) is 1.31. The molecule has 2 nitrogen and oxygen atoms in total. The van der Waals surface area contributed by atoms with Gasteiger partial charge in [-0.25, -0.2) is 0 Å². The highest BCUT2D eigenvalue weighted by molar-refractivity contribution is 6.42. The van der Waals surface area contributed by atoms with E-state index < -0.39 is 0 Å². The Balaban J connectivity index is 2.15. The molecule has 0 aliphatic carbocycles. The van der Waals surface area contributed by atoms with Crippen molar-refractivity contribution in [2.45, 2.75) is 19.4 Å². The maximum atomic E-state index is 6.25. The summed E-state index contributed by atoms with van der Waals surface area (Å²) in [5.41, 5.74) is 6.82. The van der Waals surface area contributed by atoms with E-state index in [4.69, 9.17) is 28.9 Å². The van der Waals surface area contributed by atoms with Gasteiger partial charge >= 0.3 is 0 Å². The molecule has 2 rings (SSSR count). The SMILES string of the molecule is CC(c1cccc(Cl)c1Cl)N1CCC(CN)C1. The van der Waals surface area contributed by atoms with Crippen LogP contribution < -0.4 is 5.73 Å². The highest BCUT2D eigenvalue weighted by Crippen LogP contribution is 2.34. The minimum atomic E-state index is 0.303. The van der Waals surface area contributed by atoms with Crippen molar-refractivity contribution in [2.75, 3.05) is 19.6 Å². The Labute approximate surface area is 113 Å². The molecule has 1 aromatic rings. The fraction of sp³-hybridized carbons (Fsp3) is 0.538. The summed E-state index contributed by atoms with van der Waals surface area (Å²) in [7, 11) is 0. The topological polar surface area (TPSA) is 29.3 Å². The number of benzene rings is 1. The summed E-state index contributed by atoms with van der Waals surface area (Å²) in [5.74, 6) is 0.621. The third-order valence-electron chi connectivity index (χ3n) is 3.63. The minimum Gasteiger partial charge on any atom is -0.330 e. The van der Waals surface area contributed by atoms with Gasteiger partial charge in [0.25, 0.3) is 0 Å². The highest BCUT2D eigenvalue weighted by Gasteiger charge is 2.27. The van der Waals surface area contributed by atoms with Gasteiger partial charge in [-0.15, -0.1) is 0 Å². The molecule has 0 amide bonds. The van der Waals surface area contributed by atoms with Crippen molar-refractivity contribution in [2.24, 2.45) is 11.7 Å². The lowest BCUT2D eigenvalue weighted by molar-refractivity contribution is 0.253. The van der Waals surface area contributed by atoms with Crippen LogP contribution in [0, 0.1) is 5.92 Å². The molecule has 2 atom stereocenters. The predicted octanol–water partition coefficient (Wildman–Crippen LogP) is 3.34. The Morgan fingerprint density at radius 2 is 2.24 bits per heavy atom. The first-order chi connectivity index (χ1) is 8.13. The van der Waals surface area contributed by atoms with Gasteiger partial charge in [0.2, 0.25) is 0 Å². The molecule has 2 unspecified atom stereocenters. The maximum Gasteiger partial charge on any atom is 0.0640 e. The molecule has 94 valence electrons.